The molecule has 2 aliphatic rings. The highest BCUT2D eigenvalue weighted by Gasteiger charge is 2.51. The number of hydrogen-bond donors (Lipinski definition) is 2. The van der Waals surface area contributed by atoms with Crippen molar-refractivity contribution in [1.82, 2.24) is 29.8 Å². The van der Waals surface area contributed by atoms with Crippen LogP contribution < -0.4 is 15.8 Å². The molecule has 1 aliphatic carbocycles. The van der Waals surface area contributed by atoms with Gasteiger partial charge in [-0.25, -0.2) is 27.7 Å². The third-order valence-corrected chi connectivity index (χ3v) is 6.79. The summed E-state index contributed by atoms with van der Waals surface area (Å²) in [5, 5.41) is 6.30. The van der Waals surface area contributed by atoms with Crippen molar-refractivity contribution in [3.05, 3.63) is 35.8 Å². The first-order valence-corrected chi connectivity index (χ1v) is 11.6. The smallest absolute Gasteiger partial charge is 0.418 e. The average Bonchev–Trinajstić information content (AvgIpc) is 3.43. The number of nitrogens with one attached hydrogen (secondary N) is 1. The Labute approximate surface area is 216 Å². The van der Waals surface area contributed by atoms with Gasteiger partial charge in [-0.2, -0.15) is 18.3 Å². The number of anilines is 1. The normalized spacial score (nSPS) is 21.2. The maximum atomic E-state index is 14.7. The van der Waals surface area contributed by atoms with Gasteiger partial charge in [-0.1, -0.05) is 0 Å². The molecule has 0 bridgehead atoms. The minimum Gasteiger partial charge on any atom is -0.480 e. The molecular formula is C23H21F6N7O3. The van der Waals surface area contributed by atoms with Crippen molar-refractivity contribution in [1.29, 1.82) is 0 Å². The molecule has 3 N–H and O–H groups in total. The lowest BCUT2D eigenvalue weighted by Crippen LogP contribution is -2.47. The molecule has 1 saturated carbocycles. The van der Waals surface area contributed by atoms with Gasteiger partial charge in [-0.05, 0) is 12.1 Å². The second kappa shape index (κ2) is 9.27. The molecule has 16 heteroatoms. The van der Waals surface area contributed by atoms with E-state index in [-0.39, 0.29) is 35.8 Å². The predicted octanol–water partition coefficient (Wildman–Crippen LogP) is 2.72. The summed E-state index contributed by atoms with van der Waals surface area (Å²) in [7, 11) is 1.21. The number of aromatic nitrogens is 4. The number of halogens is 6. The topological polar surface area (TPSA) is 128 Å². The number of fused-ring (bicyclic) bond motifs is 1. The first kappa shape index (κ1) is 26.5. The number of nitrogens with zero attached hydrogens (tertiary/aromatic N) is 5. The summed E-state index contributed by atoms with van der Waals surface area (Å²) in [6, 6.07) is 0.824. The fraction of sp³-hybridized carbons (Fsp3) is 0.435. The van der Waals surface area contributed by atoms with Gasteiger partial charge in [-0.3, -0.25) is 9.59 Å². The monoisotopic (exact) mass is 557 g/mol. The molecule has 0 spiro atoms. The summed E-state index contributed by atoms with van der Waals surface area (Å²) in [6.07, 6.45) is -5.54. The molecule has 208 valence electrons. The van der Waals surface area contributed by atoms with Crippen molar-refractivity contribution in [2.75, 3.05) is 25.9 Å². The average molecular weight is 557 g/mol. The Hall–Kier alpha value is -4.11. The van der Waals surface area contributed by atoms with E-state index < -0.39 is 71.8 Å². The molecule has 2 atom stereocenters. The molecule has 3 aromatic rings. The third kappa shape index (κ3) is 4.78. The largest absolute Gasteiger partial charge is 0.480 e. The Morgan fingerprint density at radius 1 is 1.18 bits per heavy atom. The van der Waals surface area contributed by atoms with Crippen LogP contribution in [0.15, 0.2) is 24.7 Å². The minimum atomic E-state index is -4.79. The number of likely N-dealkylation sites (tertiary alicyclic amines) is 1. The van der Waals surface area contributed by atoms with Crippen molar-refractivity contribution in [3.63, 3.8) is 0 Å². The van der Waals surface area contributed by atoms with Crippen LogP contribution in [-0.2, 0) is 11.0 Å². The van der Waals surface area contributed by atoms with E-state index in [0.717, 1.165) is 28.0 Å². The number of nitrogens with two attached hydrogens (primary N) is 1. The molecule has 10 nitrogen and oxygen atoms in total. The van der Waals surface area contributed by atoms with Crippen molar-refractivity contribution < 1.29 is 40.7 Å². The first-order valence-electron chi connectivity index (χ1n) is 11.6. The van der Waals surface area contributed by atoms with Gasteiger partial charge in [0.05, 0.1) is 31.0 Å². The van der Waals surface area contributed by atoms with Crippen LogP contribution in [0, 0.1) is 5.92 Å². The molecule has 1 aliphatic heterocycles. The first-order chi connectivity index (χ1) is 18.3. The van der Waals surface area contributed by atoms with E-state index in [9.17, 15) is 35.9 Å². The van der Waals surface area contributed by atoms with Crippen LogP contribution in [-0.4, -0.2) is 74.6 Å². The molecule has 5 rings (SSSR count). The van der Waals surface area contributed by atoms with E-state index in [1.807, 2.05) is 0 Å². The molecular weight excluding hydrogens is 536 g/mol. The standard InChI is InChI=1S/C23H21F6N7O3/c1-39-20-12(19(37)34-15-8-35(7-14(15)24)21(38)11-4-22(25,26)5-11)2-10(6-31-20)16-3-13(23(27,28)29)17-18(30)32-9-33-36(16)17/h2-3,6,9,11,14-15H,4-5,7-8H2,1H3,(H,34,37)(H2,30,32,33)/t14-,15+/m1/s1. The van der Waals surface area contributed by atoms with E-state index in [0.29, 0.717) is 0 Å². The number of amides is 2. The lowest BCUT2D eigenvalue weighted by atomic mass is 9.80. The van der Waals surface area contributed by atoms with Crippen LogP contribution in [0.1, 0.15) is 28.8 Å². The van der Waals surface area contributed by atoms with Crippen LogP contribution in [0.2, 0.25) is 0 Å². The summed E-state index contributed by atoms with van der Waals surface area (Å²) < 4.78 is 88.1. The molecule has 0 aromatic carbocycles. The maximum absolute atomic E-state index is 14.7. The van der Waals surface area contributed by atoms with E-state index in [1.54, 1.807) is 0 Å². The Balaban J connectivity index is 1.41. The fourth-order valence-electron chi connectivity index (χ4n) is 4.83. The summed E-state index contributed by atoms with van der Waals surface area (Å²) in [6.45, 7) is -0.615. The minimum absolute atomic E-state index is 0.0375. The Kier molecular flexibility index (Phi) is 6.30. The molecule has 1 saturated heterocycles. The second-order valence-electron chi connectivity index (χ2n) is 9.43. The van der Waals surface area contributed by atoms with Gasteiger partial charge in [0.25, 0.3) is 5.91 Å². The van der Waals surface area contributed by atoms with Crippen molar-refractivity contribution in [2.24, 2.45) is 5.92 Å². The summed E-state index contributed by atoms with van der Waals surface area (Å²) in [4.78, 5) is 34.3. The molecule has 0 radical (unpaired) electrons. The molecule has 2 fully saturated rings. The highest BCUT2D eigenvalue weighted by molar-refractivity contribution is 5.98. The van der Waals surface area contributed by atoms with Crippen molar-refractivity contribution >= 4 is 23.1 Å². The van der Waals surface area contributed by atoms with Crippen LogP contribution in [0.3, 0.4) is 0 Å². The maximum Gasteiger partial charge on any atom is 0.418 e. The Morgan fingerprint density at radius 2 is 1.90 bits per heavy atom. The number of alkyl halides is 6. The Bertz CT molecular complexity index is 1450. The van der Waals surface area contributed by atoms with Crippen LogP contribution in [0.5, 0.6) is 5.88 Å². The van der Waals surface area contributed by atoms with Crippen LogP contribution in [0.25, 0.3) is 16.8 Å². The van der Waals surface area contributed by atoms with Gasteiger partial charge in [0.15, 0.2) is 5.82 Å². The second-order valence-corrected chi connectivity index (χ2v) is 9.43. The summed E-state index contributed by atoms with van der Waals surface area (Å²) in [5.41, 5.74) is 3.80. The quantitative estimate of drug-likeness (QED) is 0.462. The molecule has 0 unspecified atom stereocenters. The lowest BCUT2D eigenvalue weighted by Gasteiger charge is -2.36. The van der Waals surface area contributed by atoms with Crippen molar-refractivity contribution in [2.45, 2.75) is 37.2 Å². The van der Waals surface area contributed by atoms with Gasteiger partial charge in [0.1, 0.15) is 23.6 Å². The number of carbonyl (C=O) groups excluding carboxylic acids is 2. The Morgan fingerprint density at radius 3 is 2.54 bits per heavy atom. The number of rotatable bonds is 5. The highest BCUT2D eigenvalue weighted by atomic mass is 19.4. The molecule has 3 aromatic heterocycles. The lowest BCUT2D eigenvalue weighted by molar-refractivity contribution is -0.159. The molecule has 4 heterocycles. The third-order valence-electron chi connectivity index (χ3n) is 6.79. The van der Waals surface area contributed by atoms with Crippen molar-refractivity contribution in [3.8, 4) is 17.1 Å². The zero-order chi connectivity index (χ0) is 28.3. The number of ether oxygens (including phenoxy) is 1. The SMILES string of the molecule is COc1ncc(-c2cc(C(F)(F)F)c3c(N)ncnn23)cc1C(=O)N[C@H]1CN(C(=O)C2CC(F)(F)C2)C[C@H]1F. The highest BCUT2D eigenvalue weighted by Crippen LogP contribution is 2.43. The fourth-order valence-corrected chi connectivity index (χ4v) is 4.83. The van der Waals surface area contributed by atoms with Gasteiger partial charge >= 0.3 is 6.18 Å². The van der Waals surface area contributed by atoms with Gasteiger partial charge < -0.3 is 20.7 Å². The van der Waals surface area contributed by atoms with E-state index in [2.05, 4.69) is 20.4 Å². The van der Waals surface area contributed by atoms with Gasteiger partial charge in [-0.15, -0.1) is 0 Å². The predicted molar refractivity (Wildman–Crippen MR) is 123 cm³/mol. The van der Waals surface area contributed by atoms with E-state index in [4.69, 9.17) is 10.5 Å². The number of pyridine rings is 1. The van der Waals surface area contributed by atoms with Gasteiger partial charge in [0, 0.05) is 37.1 Å². The number of nitrogen functional groups attached to an aromatic ring is 1. The van der Waals surface area contributed by atoms with Crippen LogP contribution >= 0.6 is 0 Å². The van der Waals surface area contributed by atoms with Crippen LogP contribution in [0.4, 0.5) is 32.2 Å². The molecule has 2 amide bonds. The molecule has 39 heavy (non-hydrogen) atoms. The number of hydrogen-bond acceptors (Lipinski definition) is 7. The van der Waals surface area contributed by atoms with E-state index in [1.165, 1.54) is 13.2 Å². The number of carbonyl (C=O) groups is 2. The zero-order valence-electron chi connectivity index (χ0n) is 20.2. The number of methoxy groups -OCH3 is 1. The summed E-state index contributed by atoms with van der Waals surface area (Å²) in [5.74, 6) is -5.91. The zero-order valence-corrected chi connectivity index (χ0v) is 20.2. The van der Waals surface area contributed by atoms with Gasteiger partial charge in [0.2, 0.25) is 17.7 Å². The summed E-state index contributed by atoms with van der Waals surface area (Å²) >= 11 is 0. The van der Waals surface area contributed by atoms with E-state index >= 15 is 0 Å².